The molecule has 24 heavy (non-hydrogen) atoms. The molecular formula is C15H37O6Si3. The Hall–Kier alpha value is 0.411. The molecule has 0 heterocycles. The fourth-order valence-electron chi connectivity index (χ4n) is 2.83. The molecular weight excluding hydrogens is 360 g/mol. The van der Waals surface area contributed by atoms with Gasteiger partial charge in [-0.05, 0) is 52.9 Å². The number of aliphatic hydroxyl groups excluding tert-OH is 2. The molecule has 4 unspecified atom stereocenters. The topological polar surface area (TPSA) is 77.4 Å². The number of ether oxygens (including phenoxy) is 2. The second-order valence-corrected chi connectivity index (χ2v) is 16.0. The van der Waals surface area contributed by atoms with Crippen LogP contribution < -0.4 is 0 Å². The van der Waals surface area contributed by atoms with Gasteiger partial charge in [0.15, 0.2) is 12.6 Å². The second kappa shape index (κ2) is 10.5. The van der Waals surface area contributed by atoms with Crippen LogP contribution in [0.15, 0.2) is 0 Å². The van der Waals surface area contributed by atoms with Gasteiger partial charge in [-0.3, -0.25) is 0 Å². The van der Waals surface area contributed by atoms with Gasteiger partial charge in [-0.15, -0.1) is 0 Å². The van der Waals surface area contributed by atoms with E-state index in [1.165, 1.54) is 0 Å². The molecule has 0 saturated heterocycles. The Bertz CT molecular complexity index is 320. The van der Waals surface area contributed by atoms with Crippen molar-refractivity contribution in [3.63, 3.8) is 0 Å². The zero-order valence-corrected chi connectivity index (χ0v) is 19.9. The van der Waals surface area contributed by atoms with Crippen LogP contribution in [-0.2, 0) is 18.3 Å². The Morgan fingerprint density at radius 1 is 0.792 bits per heavy atom. The van der Waals surface area contributed by atoms with Crippen LogP contribution in [0.3, 0.4) is 0 Å². The van der Waals surface area contributed by atoms with Gasteiger partial charge in [-0.2, -0.15) is 0 Å². The molecule has 2 N–H and O–H groups in total. The van der Waals surface area contributed by atoms with Crippen LogP contribution in [0.4, 0.5) is 0 Å². The fourth-order valence-corrected chi connectivity index (χ4v) is 10.3. The van der Waals surface area contributed by atoms with E-state index in [-0.39, 0.29) is 17.4 Å². The van der Waals surface area contributed by atoms with Gasteiger partial charge in [-0.25, -0.2) is 0 Å². The predicted octanol–water partition coefficient (Wildman–Crippen LogP) is 1.69. The Balaban J connectivity index is 4.87. The van der Waals surface area contributed by atoms with Crippen LogP contribution in [-0.4, -0.2) is 67.0 Å². The highest BCUT2D eigenvalue weighted by Gasteiger charge is 2.40. The van der Waals surface area contributed by atoms with E-state index in [1.807, 2.05) is 13.8 Å². The Labute approximate surface area is 152 Å². The summed E-state index contributed by atoms with van der Waals surface area (Å²) in [4.78, 5) is 0. The third-order valence-corrected chi connectivity index (χ3v) is 10.8. The Morgan fingerprint density at radius 2 is 1.08 bits per heavy atom. The van der Waals surface area contributed by atoms with Crippen LogP contribution >= 0.6 is 0 Å². The number of hydrogen-bond donors (Lipinski definition) is 2. The molecule has 4 atom stereocenters. The van der Waals surface area contributed by atoms with E-state index in [0.29, 0.717) is 0 Å². The molecule has 6 nitrogen and oxygen atoms in total. The zero-order chi connectivity index (χ0) is 19.1. The first-order valence-electron chi connectivity index (χ1n) is 8.71. The van der Waals surface area contributed by atoms with Crippen molar-refractivity contribution < 1.29 is 28.5 Å². The molecule has 1 radical (unpaired) electrons. The van der Waals surface area contributed by atoms with E-state index in [0.717, 1.165) is 12.8 Å². The van der Waals surface area contributed by atoms with Crippen LogP contribution in [0.2, 0.25) is 26.2 Å². The lowest BCUT2D eigenvalue weighted by Crippen LogP contribution is -2.55. The van der Waals surface area contributed by atoms with Gasteiger partial charge in [0.25, 0.3) is 0 Å². The van der Waals surface area contributed by atoms with Gasteiger partial charge >= 0.3 is 0 Å². The third kappa shape index (κ3) is 8.68. The molecule has 0 aromatic rings. The quantitative estimate of drug-likeness (QED) is 0.385. The van der Waals surface area contributed by atoms with Crippen molar-refractivity contribution >= 4 is 26.9 Å². The predicted molar refractivity (Wildman–Crippen MR) is 103 cm³/mol. The first-order valence-corrected chi connectivity index (χ1v) is 15.5. The third-order valence-electron chi connectivity index (χ3n) is 3.89. The normalized spacial score (nSPS) is 19.6. The van der Waals surface area contributed by atoms with Crippen molar-refractivity contribution in [3.05, 3.63) is 0 Å². The lowest BCUT2D eigenvalue weighted by molar-refractivity contribution is -0.114. The Morgan fingerprint density at radius 3 is 1.29 bits per heavy atom. The lowest BCUT2D eigenvalue weighted by Gasteiger charge is -2.39. The molecule has 0 fully saturated rings. The summed E-state index contributed by atoms with van der Waals surface area (Å²) in [7, 11) is -2.74. The number of hydrogen-bond acceptors (Lipinski definition) is 6. The molecule has 0 aliphatic carbocycles. The maximum absolute atomic E-state index is 9.51. The monoisotopic (exact) mass is 397 g/mol. The van der Waals surface area contributed by atoms with Crippen LogP contribution in [0.1, 0.15) is 40.5 Å². The van der Waals surface area contributed by atoms with E-state index in [1.54, 1.807) is 24.1 Å². The van der Waals surface area contributed by atoms with Gasteiger partial charge in [0.1, 0.15) is 5.91 Å². The lowest BCUT2D eigenvalue weighted by atomic mass is 10.5. The first-order chi connectivity index (χ1) is 10.9. The molecule has 0 amide bonds. The summed E-state index contributed by atoms with van der Waals surface area (Å²) in [5.41, 5.74) is -0.206. The molecule has 0 aliphatic heterocycles. The fraction of sp³-hybridized carbons (Fsp3) is 1.00. The van der Waals surface area contributed by atoms with Gasteiger partial charge in [0, 0.05) is 0 Å². The van der Waals surface area contributed by atoms with Crippen LogP contribution in [0.25, 0.3) is 0 Å². The van der Waals surface area contributed by atoms with Crippen molar-refractivity contribution in [3.8, 4) is 0 Å². The van der Waals surface area contributed by atoms with Crippen molar-refractivity contribution in [1.82, 2.24) is 0 Å². The van der Waals surface area contributed by atoms with E-state index in [2.05, 4.69) is 26.2 Å². The zero-order valence-electron chi connectivity index (χ0n) is 16.5. The van der Waals surface area contributed by atoms with E-state index in [4.69, 9.17) is 18.3 Å². The highest BCUT2D eigenvalue weighted by Crippen LogP contribution is 2.24. The van der Waals surface area contributed by atoms with Gasteiger partial charge in [0.05, 0.1) is 21.7 Å². The average molecular weight is 398 g/mol. The molecule has 0 bridgehead atoms. The summed E-state index contributed by atoms with van der Waals surface area (Å²) in [6.45, 7) is 15.6. The summed E-state index contributed by atoms with van der Waals surface area (Å²) in [5, 5.41) is 19.0. The minimum absolute atomic E-state index is 0.103. The minimum Gasteiger partial charge on any atom is -0.395 e. The van der Waals surface area contributed by atoms with Crippen molar-refractivity contribution in [1.29, 1.82) is 0 Å². The minimum atomic E-state index is -2.20. The van der Waals surface area contributed by atoms with E-state index < -0.39 is 29.2 Å². The highest BCUT2D eigenvalue weighted by molar-refractivity contribution is 6.74. The second-order valence-electron chi connectivity index (χ2n) is 7.14. The molecule has 0 spiro atoms. The summed E-state index contributed by atoms with van der Waals surface area (Å²) in [5.74, 6) is -0.355. The molecule has 9 heteroatoms. The molecule has 0 aromatic carbocycles. The van der Waals surface area contributed by atoms with Gasteiger partial charge in [0.2, 0.25) is 16.6 Å². The molecule has 0 aliphatic rings. The highest BCUT2D eigenvalue weighted by atomic mass is 28.4. The maximum Gasteiger partial charge on any atom is 0.218 e. The summed E-state index contributed by atoms with van der Waals surface area (Å²) < 4.78 is 23.7. The van der Waals surface area contributed by atoms with Crippen LogP contribution in [0, 0.1) is 0 Å². The largest absolute Gasteiger partial charge is 0.395 e. The first kappa shape index (κ1) is 24.4. The SMILES string of the molecule is CCC(OC(C)O)[Si](C)(C)OC([SiH2])O[Si](C)(C)C(CC)OC(C)O. The van der Waals surface area contributed by atoms with Crippen molar-refractivity contribution in [2.75, 3.05) is 0 Å². The molecule has 0 aromatic heterocycles. The molecule has 145 valence electrons. The summed E-state index contributed by atoms with van der Waals surface area (Å²) >= 11 is 0. The average Bonchev–Trinajstić information content (AvgIpc) is 2.39. The summed E-state index contributed by atoms with van der Waals surface area (Å²) in [6.07, 6.45) is -0.0510. The van der Waals surface area contributed by atoms with Crippen molar-refractivity contribution in [2.45, 2.75) is 96.7 Å². The summed E-state index contributed by atoms with van der Waals surface area (Å²) in [6, 6.07) is 0. The molecule has 0 saturated carbocycles. The number of aliphatic hydroxyl groups is 2. The smallest absolute Gasteiger partial charge is 0.218 e. The van der Waals surface area contributed by atoms with Crippen LogP contribution in [0.5, 0.6) is 0 Å². The molecule has 0 rings (SSSR count). The maximum atomic E-state index is 9.51. The van der Waals surface area contributed by atoms with Gasteiger partial charge < -0.3 is 28.5 Å². The standard InChI is InChI=1S/C15H37O6Si3/c1-9-13(18-11(3)16)23(5,6)20-15(22)21-24(7,8)14(10-2)19-12(4)17/h11-17H,9-10,22H2,1-8H3. The van der Waals surface area contributed by atoms with Crippen molar-refractivity contribution in [2.24, 2.45) is 0 Å². The van der Waals surface area contributed by atoms with E-state index in [9.17, 15) is 10.2 Å². The van der Waals surface area contributed by atoms with E-state index >= 15 is 0 Å². The Kier molecular flexibility index (Phi) is 10.7. The number of rotatable bonds is 12. The van der Waals surface area contributed by atoms with Gasteiger partial charge in [-0.1, -0.05) is 13.8 Å².